The van der Waals surface area contributed by atoms with Gasteiger partial charge in [0, 0.05) is 36.2 Å². The van der Waals surface area contributed by atoms with Crippen LogP contribution in [-0.4, -0.2) is 44.4 Å². The number of anilines is 1. The van der Waals surface area contributed by atoms with Crippen LogP contribution in [-0.2, 0) is 10.0 Å². The molecule has 3 aromatic rings. The largest absolute Gasteiger partial charge is 0.494 e. The molecule has 1 aromatic heterocycles. The molecular formula is C23H27N3O5S. The second-order valence-electron chi connectivity index (χ2n) is 7.90. The highest BCUT2D eigenvalue weighted by atomic mass is 32.2. The second-order valence-corrected chi connectivity index (χ2v) is 9.58. The zero-order valence-corrected chi connectivity index (χ0v) is 19.3. The number of benzene rings is 2. The van der Waals surface area contributed by atoms with Crippen molar-refractivity contribution in [1.82, 2.24) is 9.88 Å². The Morgan fingerprint density at radius 3 is 2.44 bits per heavy atom. The molecule has 0 unspecified atom stereocenters. The summed E-state index contributed by atoms with van der Waals surface area (Å²) in [6.07, 6.45) is 0. The maximum Gasteiger partial charge on any atom is 0.261 e. The molecule has 0 aliphatic carbocycles. The van der Waals surface area contributed by atoms with Gasteiger partial charge in [0.2, 0.25) is 5.56 Å². The van der Waals surface area contributed by atoms with Crippen LogP contribution in [0.15, 0.2) is 58.2 Å². The average Bonchev–Trinajstić information content (AvgIpc) is 2.73. The smallest absolute Gasteiger partial charge is 0.261 e. The van der Waals surface area contributed by atoms with Crippen LogP contribution in [0.25, 0.3) is 10.9 Å². The monoisotopic (exact) mass is 457 g/mol. The van der Waals surface area contributed by atoms with E-state index in [1.54, 1.807) is 31.3 Å². The van der Waals surface area contributed by atoms with Gasteiger partial charge in [-0.25, -0.2) is 8.42 Å². The van der Waals surface area contributed by atoms with Gasteiger partial charge in [-0.1, -0.05) is 13.8 Å². The van der Waals surface area contributed by atoms with Crippen molar-refractivity contribution in [3.8, 4) is 5.75 Å². The molecule has 170 valence electrons. The number of aromatic amines is 1. The highest BCUT2D eigenvalue weighted by Crippen LogP contribution is 2.24. The van der Waals surface area contributed by atoms with Crippen molar-refractivity contribution >= 4 is 32.5 Å². The zero-order valence-electron chi connectivity index (χ0n) is 18.5. The van der Waals surface area contributed by atoms with Crippen LogP contribution in [0, 0.1) is 5.92 Å². The molecule has 0 bridgehead atoms. The minimum Gasteiger partial charge on any atom is -0.494 e. The number of carbonyl (C=O) groups excluding carboxylic acids is 1. The number of nitrogens with zero attached hydrogens (tertiary/aromatic N) is 1. The third-order valence-electron chi connectivity index (χ3n) is 4.76. The summed E-state index contributed by atoms with van der Waals surface area (Å²) in [4.78, 5) is 29.2. The highest BCUT2D eigenvalue weighted by Gasteiger charge is 2.20. The predicted molar refractivity (Wildman–Crippen MR) is 125 cm³/mol. The summed E-state index contributed by atoms with van der Waals surface area (Å²) in [5, 5.41) is 0.361. The molecule has 1 heterocycles. The Morgan fingerprint density at radius 1 is 1.12 bits per heavy atom. The first kappa shape index (κ1) is 23.3. The number of rotatable bonds is 8. The van der Waals surface area contributed by atoms with Crippen molar-refractivity contribution in [2.24, 2.45) is 5.92 Å². The first-order chi connectivity index (χ1) is 15.1. The molecule has 1 amide bonds. The molecule has 2 aromatic carbocycles. The molecule has 2 N–H and O–H groups in total. The second kappa shape index (κ2) is 9.44. The maximum absolute atomic E-state index is 13.0. The van der Waals surface area contributed by atoms with Crippen LogP contribution in [0.1, 0.15) is 31.1 Å². The zero-order chi connectivity index (χ0) is 23.5. The van der Waals surface area contributed by atoms with E-state index in [9.17, 15) is 18.0 Å². The molecule has 0 aliphatic rings. The van der Waals surface area contributed by atoms with Crippen molar-refractivity contribution in [2.75, 3.05) is 24.9 Å². The van der Waals surface area contributed by atoms with Gasteiger partial charge >= 0.3 is 0 Å². The van der Waals surface area contributed by atoms with Crippen LogP contribution >= 0.6 is 0 Å². The van der Waals surface area contributed by atoms with E-state index in [0.29, 0.717) is 35.5 Å². The summed E-state index contributed by atoms with van der Waals surface area (Å²) in [7, 11) is -2.27. The highest BCUT2D eigenvalue weighted by molar-refractivity contribution is 7.92. The summed E-state index contributed by atoms with van der Waals surface area (Å²) in [5.41, 5.74) is 0.494. The Hall–Kier alpha value is -3.33. The van der Waals surface area contributed by atoms with Crippen LogP contribution in [0.5, 0.6) is 5.75 Å². The fourth-order valence-corrected chi connectivity index (χ4v) is 4.50. The van der Waals surface area contributed by atoms with Gasteiger partial charge < -0.3 is 14.6 Å². The van der Waals surface area contributed by atoms with Crippen molar-refractivity contribution in [1.29, 1.82) is 0 Å². The Morgan fingerprint density at radius 2 is 1.81 bits per heavy atom. The molecule has 0 saturated heterocycles. The van der Waals surface area contributed by atoms with Crippen molar-refractivity contribution in [3.05, 3.63) is 64.4 Å². The molecule has 8 nitrogen and oxygen atoms in total. The summed E-state index contributed by atoms with van der Waals surface area (Å²) in [5.74, 6) is 0.536. The van der Waals surface area contributed by atoms with E-state index in [-0.39, 0.29) is 22.3 Å². The number of carbonyl (C=O) groups is 1. The summed E-state index contributed by atoms with van der Waals surface area (Å²) < 4.78 is 33.8. The van der Waals surface area contributed by atoms with E-state index in [1.165, 1.54) is 29.2 Å². The Balaban J connectivity index is 1.99. The third-order valence-corrected chi connectivity index (χ3v) is 6.14. The number of aromatic nitrogens is 1. The minimum atomic E-state index is -3.93. The molecule has 0 radical (unpaired) electrons. The number of nitrogens with one attached hydrogen (secondary N) is 2. The van der Waals surface area contributed by atoms with Gasteiger partial charge in [0.05, 0.1) is 17.1 Å². The summed E-state index contributed by atoms with van der Waals surface area (Å²) in [6, 6.07) is 12.1. The number of fused-ring (bicyclic) bond motifs is 1. The lowest BCUT2D eigenvalue weighted by molar-refractivity contribution is 0.0781. The van der Waals surface area contributed by atoms with Gasteiger partial charge in [0.25, 0.3) is 15.9 Å². The van der Waals surface area contributed by atoms with Crippen LogP contribution in [0.4, 0.5) is 5.69 Å². The normalized spacial score (nSPS) is 11.5. The first-order valence-electron chi connectivity index (χ1n) is 10.3. The third kappa shape index (κ3) is 5.28. The predicted octanol–water partition coefficient (Wildman–Crippen LogP) is 3.46. The molecule has 32 heavy (non-hydrogen) atoms. The van der Waals surface area contributed by atoms with Crippen molar-refractivity contribution in [2.45, 2.75) is 25.7 Å². The molecule has 3 rings (SSSR count). The number of sulfonamides is 1. The van der Waals surface area contributed by atoms with E-state index in [4.69, 9.17) is 4.74 Å². The van der Waals surface area contributed by atoms with E-state index in [2.05, 4.69) is 9.71 Å². The maximum atomic E-state index is 13.0. The molecule has 0 aliphatic heterocycles. The minimum absolute atomic E-state index is 0.0218. The van der Waals surface area contributed by atoms with E-state index in [0.717, 1.165) is 0 Å². The van der Waals surface area contributed by atoms with Crippen molar-refractivity contribution in [3.63, 3.8) is 0 Å². The first-order valence-corrected chi connectivity index (χ1v) is 11.8. The van der Waals surface area contributed by atoms with Crippen LogP contribution in [0.3, 0.4) is 0 Å². The molecule has 9 heteroatoms. The SMILES string of the molecule is CCOc1ccc(NS(=O)(=O)c2ccc3[nH]c(=O)cc(C(=O)N(C)CC(C)C)c3c2)cc1. The van der Waals surface area contributed by atoms with Crippen LogP contribution < -0.4 is 15.0 Å². The quantitative estimate of drug-likeness (QED) is 0.539. The Labute approximate surface area is 187 Å². The molecule has 0 spiro atoms. The fourth-order valence-electron chi connectivity index (χ4n) is 3.41. The Kier molecular flexibility index (Phi) is 6.88. The van der Waals surface area contributed by atoms with Gasteiger partial charge in [0.1, 0.15) is 5.75 Å². The lowest BCUT2D eigenvalue weighted by Gasteiger charge is -2.20. The number of hydrogen-bond acceptors (Lipinski definition) is 5. The fraction of sp³-hybridized carbons (Fsp3) is 0.304. The number of pyridine rings is 1. The van der Waals surface area contributed by atoms with Gasteiger partial charge in [-0.05, 0) is 55.3 Å². The Bertz CT molecular complexity index is 1280. The summed E-state index contributed by atoms with van der Waals surface area (Å²) in [6.45, 7) is 6.85. The number of H-pyrrole nitrogens is 1. The van der Waals surface area contributed by atoms with Gasteiger partial charge in [-0.3, -0.25) is 14.3 Å². The lowest BCUT2D eigenvalue weighted by atomic mass is 10.1. The molecule has 0 atom stereocenters. The molecule has 0 fully saturated rings. The average molecular weight is 458 g/mol. The topological polar surface area (TPSA) is 109 Å². The van der Waals surface area contributed by atoms with Gasteiger partial charge in [-0.15, -0.1) is 0 Å². The van der Waals surface area contributed by atoms with Gasteiger partial charge in [0.15, 0.2) is 0 Å². The van der Waals surface area contributed by atoms with Crippen molar-refractivity contribution < 1.29 is 17.9 Å². The van der Waals surface area contributed by atoms with E-state index >= 15 is 0 Å². The molecular weight excluding hydrogens is 430 g/mol. The summed E-state index contributed by atoms with van der Waals surface area (Å²) >= 11 is 0. The molecule has 0 saturated carbocycles. The van der Waals surface area contributed by atoms with E-state index in [1.807, 2.05) is 20.8 Å². The number of hydrogen-bond donors (Lipinski definition) is 2. The standard InChI is InChI=1S/C23H27N3O5S/c1-5-31-17-8-6-16(7-9-17)25-32(29,30)18-10-11-21-19(12-18)20(13-22(27)24-21)23(28)26(4)14-15(2)3/h6-13,15,25H,5,14H2,1-4H3,(H,24,27). The van der Waals surface area contributed by atoms with Gasteiger partial charge in [-0.2, -0.15) is 0 Å². The van der Waals surface area contributed by atoms with E-state index < -0.39 is 15.6 Å². The lowest BCUT2D eigenvalue weighted by Crippen LogP contribution is -2.31. The van der Waals surface area contributed by atoms with Crippen LogP contribution in [0.2, 0.25) is 0 Å². The number of ether oxygens (including phenoxy) is 1. The number of amides is 1.